The Kier molecular flexibility index (Phi) is 1.93. The summed E-state index contributed by atoms with van der Waals surface area (Å²) in [4.78, 5) is 10.9. The maximum atomic E-state index is 10.9. The summed E-state index contributed by atoms with van der Waals surface area (Å²) in [7, 11) is 0. The van der Waals surface area contributed by atoms with Crippen LogP contribution in [0.15, 0.2) is 18.2 Å². The molecule has 2 fully saturated rings. The molecule has 0 spiro atoms. The number of carboxylic acids is 1. The van der Waals surface area contributed by atoms with Crippen LogP contribution in [0.25, 0.3) is 0 Å². The van der Waals surface area contributed by atoms with Gasteiger partial charge in [-0.15, -0.1) is 0 Å². The van der Waals surface area contributed by atoms with E-state index in [1.54, 1.807) is 0 Å². The van der Waals surface area contributed by atoms with E-state index >= 15 is 0 Å². The average molecular weight is 246 g/mol. The summed E-state index contributed by atoms with van der Waals surface area (Å²) in [5, 5.41) is 8.95. The van der Waals surface area contributed by atoms with E-state index in [1.807, 2.05) is 12.1 Å². The zero-order valence-electron chi connectivity index (χ0n) is 9.83. The second-order valence-electron chi connectivity index (χ2n) is 5.46. The van der Waals surface area contributed by atoms with Crippen molar-refractivity contribution in [3.8, 4) is 11.5 Å². The minimum absolute atomic E-state index is 0.0889. The first-order valence-corrected chi connectivity index (χ1v) is 6.36. The van der Waals surface area contributed by atoms with Crippen molar-refractivity contribution < 1.29 is 19.4 Å². The average Bonchev–Trinajstić information content (AvgIpc) is 3.22. The lowest BCUT2D eigenvalue weighted by Crippen LogP contribution is -2.00. The lowest BCUT2D eigenvalue weighted by Gasteiger charge is -2.02. The fourth-order valence-corrected chi connectivity index (χ4v) is 3.19. The number of fused-ring (bicyclic) bond motifs is 1. The van der Waals surface area contributed by atoms with Gasteiger partial charge in [-0.05, 0) is 48.3 Å². The summed E-state index contributed by atoms with van der Waals surface area (Å²) >= 11 is 0. The molecule has 4 rings (SSSR count). The van der Waals surface area contributed by atoms with Gasteiger partial charge in [-0.3, -0.25) is 4.79 Å². The van der Waals surface area contributed by atoms with E-state index in [0.29, 0.717) is 24.5 Å². The van der Waals surface area contributed by atoms with Crippen molar-refractivity contribution in [1.82, 2.24) is 0 Å². The molecular formula is C14H14O4. The number of benzene rings is 1. The smallest absolute Gasteiger partial charge is 0.306 e. The van der Waals surface area contributed by atoms with E-state index in [1.165, 1.54) is 5.56 Å². The van der Waals surface area contributed by atoms with Crippen molar-refractivity contribution >= 4 is 5.97 Å². The maximum absolute atomic E-state index is 10.9. The Morgan fingerprint density at radius 1 is 1.17 bits per heavy atom. The molecule has 1 heterocycles. The number of ether oxygens (including phenoxy) is 2. The summed E-state index contributed by atoms with van der Waals surface area (Å²) in [5.74, 6) is 2.40. The van der Waals surface area contributed by atoms with Gasteiger partial charge < -0.3 is 14.6 Å². The third kappa shape index (κ3) is 1.48. The predicted octanol–water partition coefficient (Wildman–Crippen LogP) is 2.24. The Hall–Kier alpha value is -1.71. The van der Waals surface area contributed by atoms with Crippen LogP contribution in [-0.4, -0.2) is 17.9 Å². The minimum Gasteiger partial charge on any atom is -0.481 e. The molecule has 0 aromatic heterocycles. The topological polar surface area (TPSA) is 55.8 Å². The summed E-state index contributed by atoms with van der Waals surface area (Å²) in [6.45, 7) is 0.302. The molecule has 3 aliphatic rings. The summed E-state index contributed by atoms with van der Waals surface area (Å²) < 4.78 is 10.7. The van der Waals surface area contributed by atoms with Crippen LogP contribution in [0.2, 0.25) is 0 Å². The molecule has 4 atom stereocenters. The van der Waals surface area contributed by atoms with E-state index in [2.05, 4.69) is 6.07 Å². The maximum Gasteiger partial charge on any atom is 0.306 e. The Morgan fingerprint density at radius 3 is 2.78 bits per heavy atom. The van der Waals surface area contributed by atoms with E-state index < -0.39 is 5.97 Å². The van der Waals surface area contributed by atoms with E-state index in [0.717, 1.165) is 24.3 Å². The molecule has 1 aromatic carbocycles. The van der Waals surface area contributed by atoms with Crippen LogP contribution in [0.1, 0.15) is 24.3 Å². The first-order chi connectivity index (χ1) is 8.74. The molecular weight excluding hydrogens is 232 g/mol. The first kappa shape index (κ1) is 10.2. The SMILES string of the molecule is O=C(O)C1CC1C1CC1c1ccc2c(c1)OCO2. The largest absolute Gasteiger partial charge is 0.481 e. The van der Waals surface area contributed by atoms with Crippen molar-refractivity contribution in [2.75, 3.05) is 6.79 Å². The molecule has 18 heavy (non-hydrogen) atoms. The third-order valence-corrected chi connectivity index (χ3v) is 4.37. The van der Waals surface area contributed by atoms with Gasteiger partial charge in [0.25, 0.3) is 0 Å². The zero-order chi connectivity index (χ0) is 12.3. The highest BCUT2D eigenvalue weighted by molar-refractivity contribution is 5.73. The first-order valence-electron chi connectivity index (χ1n) is 6.36. The minimum atomic E-state index is -0.628. The highest BCUT2D eigenvalue weighted by atomic mass is 16.7. The van der Waals surface area contributed by atoms with Crippen LogP contribution in [0, 0.1) is 17.8 Å². The Labute approximate surface area is 105 Å². The van der Waals surface area contributed by atoms with Crippen LogP contribution < -0.4 is 9.47 Å². The molecule has 4 heteroatoms. The van der Waals surface area contributed by atoms with E-state index in [9.17, 15) is 4.79 Å². The Balaban J connectivity index is 1.49. The molecule has 0 amide bonds. The molecule has 0 bridgehead atoms. The van der Waals surface area contributed by atoms with Crippen molar-refractivity contribution in [2.24, 2.45) is 17.8 Å². The number of carboxylic acid groups (broad SMARTS) is 1. The van der Waals surface area contributed by atoms with E-state index in [-0.39, 0.29) is 5.92 Å². The van der Waals surface area contributed by atoms with Crippen molar-refractivity contribution in [3.63, 3.8) is 0 Å². The highest BCUT2D eigenvalue weighted by Crippen LogP contribution is 2.62. The van der Waals surface area contributed by atoms with Gasteiger partial charge in [0.05, 0.1) is 5.92 Å². The quantitative estimate of drug-likeness (QED) is 0.888. The molecule has 1 aliphatic heterocycles. The van der Waals surface area contributed by atoms with Crippen LogP contribution >= 0.6 is 0 Å². The number of hydrogen-bond acceptors (Lipinski definition) is 3. The highest BCUT2D eigenvalue weighted by Gasteiger charge is 2.56. The fourth-order valence-electron chi connectivity index (χ4n) is 3.19. The molecule has 2 saturated carbocycles. The summed E-state index contributed by atoms with van der Waals surface area (Å²) in [6, 6.07) is 6.08. The second-order valence-corrected chi connectivity index (χ2v) is 5.46. The van der Waals surface area contributed by atoms with Gasteiger partial charge in [-0.25, -0.2) is 0 Å². The molecule has 1 N–H and O–H groups in total. The van der Waals surface area contributed by atoms with Gasteiger partial charge in [-0.1, -0.05) is 6.07 Å². The number of aliphatic carboxylic acids is 1. The lowest BCUT2D eigenvalue weighted by molar-refractivity contribution is -0.138. The number of rotatable bonds is 3. The summed E-state index contributed by atoms with van der Waals surface area (Å²) in [5.41, 5.74) is 1.26. The lowest BCUT2D eigenvalue weighted by atomic mass is 10.1. The van der Waals surface area contributed by atoms with Gasteiger partial charge in [0.15, 0.2) is 11.5 Å². The molecule has 0 saturated heterocycles. The van der Waals surface area contributed by atoms with E-state index in [4.69, 9.17) is 14.6 Å². The second kappa shape index (κ2) is 3.40. The normalized spacial score (nSPS) is 35.3. The third-order valence-electron chi connectivity index (χ3n) is 4.37. The van der Waals surface area contributed by atoms with Gasteiger partial charge in [0.1, 0.15) is 0 Å². The van der Waals surface area contributed by atoms with Crippen LogP contribution in [0.3, 0.4) is 0 Å². The van der Waals surface area contributed by atoms with Crippen molar-refractivity contribution in [1.29, 1.82) is 0 Å². The standard InChI is InChI=1S/C14H14O4/c15-14(16)11-5-10(11)9-4-8(9)7-1-2-12-13(3-7)18-6-17-12/h1-3,8-11H,4-6H2,(H,15,16). The van der Waals surface area contributed by atoms with Crippen LogP contribution in [-0.2, 0) is 4.79 Å². The van der Waals surface area contributed by atoms with Crippen molar-refractivity contribution in [2.45, 2.75) is 18.8 Å². The molecule has 4 nitrogen and oxygen atoms in total. The zero-order valence-corrected chi connectivity index (χ0v) is 9.83. The molecule has 2 aliphatic carbocycles. The fraction of sp³-hybridized carbons (Fsp3) is 0.500. The molecule has 94 valence electrons. The summed E-state index contributed by atoms with van der Waals surface area (Å²) in [6.07, 6.45) is 1.98. The van der Waals surface area contributed by atoms with Gasteiger partial charge in [0.2, 0.25) is 6.79 Å². The Morgan fingerprint density at radius 2 is 2.00 bits per heavy atom. The number of carbonyl (C=O) groups is 1. The van der Waals surface area contributed by atoms with Gasteiger partial charge in [-0.2, -0.15) is 0 Å². The predicted molar refractivity (Wildman–Crippen MR) is 62.6 cm³/mol. The molecule has 0 radical (unpaired) electrons. The van der Waals surface area contributed by atoms with Gasteiger partial charge in [0, 0.05) is 0 Å². The van der Waals surface area contributed by atoms with Crippen molar-refractivity contribution in [3.05, 3.63) is 23.8 Å². The monoisotopic (exact) mass is 246 g/mol. The Bertz CT molecular complexity index is 525. The molecule has 4 unspecified atom stereocenters. The van der Waals surface area contributed by atoms with Crippen LogP contribution in [0.4, 0.5) is 0 Å². The van der Waals surface area contributed by atoms with Gasteiger partial charge >= 0.3 is 5.97 Å². The number of hydrogen-bond donors (Lipinski definition) is 1. The van der Waals surface area contributed by atoms with Crippen LogP contribution in [0.5, 0.6) is 11.5 Å². The molecule has 1 aromatic rings.